The van der Waals surface area contributed by atoms with E-state index in [4.69, 9.17) is 21.3 Å². The molecule has 1 fully saturated rings. The van der Waals surface area contributed by atoms with Gasteiger partial charge in [-0.25, -0.2) is 4.79 Å². The van der Waals surface area contributed by atoms with Crippen molar-refractivity contribution in [2.45, 2.75) is 32.6 Å². The molecular formula is C22H23ClN2O2. The maximum atomic E-state index is 12.0. The molecule has 1 aromatic carbocycles. The standard InChI is InChI=1S/C22H23ClN2O2/c1-2-27-22(26)25-13-10-16(11-14-25)20-19-15(5-3-7-18(19)23)8-9-17-6-4-12-24-21(17)20/h3-7,12H,2,8-11,13-14H2,1H3. The maximum absolute atomic E-state index is 12.0. The van der Waals surface area contributed by atoms with E-state index in [-0.39, 0.29) is 6.09 Å². The predicted octanol–water partition coefficient (Wildman–Crippen LogP) is 4.89. The highest BCUT2D eigenvalue weighted by molar-refractivity contribution is 6.32. The van der Waals surface area contributed by atoms with E-state index in [2.05, 4.69) is 12.1 Å². The Morgan fingerprint density at radius 2 is 1.85 bits per heavy atom. The highest BCUT2D eigenvalue weighted by Gasteiger charge is 2.27. The fourth-order valence-electron chi connectivity index (χ4n) is 4.08. The van der Waals surface area contributed by atoms with Gasteiger partial charge in [0, 0.05) is 35.4 Å². The molecule has 5 heteroatoms. The number of piperidine rings is 1. The average Bonchev–Trinajstić information content (AvgIpc) is 2.86. The Hall–Kier alpha value is -2.33. The lowest BCUT2D eigenvalue weighted by Crippen LogP contribution is -2.37. The molecule has 2 aliphatic rings. The van der Waals surface area contributed by atoms with Crippen molar-refractivity contribution in [2.24, 2.45) is 0 Å². The van der Waals surface area contributed by atoms with Gasteiger partial charge in [-0.05, 0) is 55.9 Å². The van der Waals surface area contributed by atoms with Crippen molar-refractivity contribution < 1.29 is 9.53 Å². The van der Waals surface area contributed by atoms with Gasteiger partial charge in [0.1, 0.15) is 0 Å². The van der Waals surface area contributed by atoms with E-state index >= 15 is 0 Å². The third-order valence-corrected chi connectivity index (χ3v) is 5.70. The first-order chi connectivity index (χ1) is 13.2. The minimum atomic E-state index is -0.223. The van der Waals surface area contributed by atoms with Gasteiger partial charge in [0.15, 0.2) is 0 Å². The molecule has 2 heterocycles. The Bertz CT molecular complexity index is 897. The van der Waals surface area contributed by atoms with Crippen LogP contribution in [0.25, 0.3) is 5.57 Å². The average molecular weight is 383 g/mol. The number of ether oxygens (including phenoxy) is 1. The Morgan fingerprint density at radius 3 is 2.63 bits per heavy atom. The van der Waals surface area contributed by atoms with E-state index in [1.807, 2.05) is 31.3 Å². The fraction of sp³-hybridized carbons (Fsp3) is 0.364. The molecule has 1 saturated heterocycles. The number of halogens is 1. The number of carbonyl (C=O) groups is 1. The number of benzene rings is 1. The molecule has 4 rings (SSSR count). The number of nitrogens with zero attached hydrogens (tertiary/aromatic N) is 2. The summed E-state index contributed by atoms with van der Waals surface area (Å²) in [6.45, 7) is 3.57. The van der Waals surface area contributed by atoms with E-state index in [1.54, 1.807) is 4.90 Å². The highest BCUT2D eigenvalue weighted by atomic mass is 35.5. The monoisotopic (exact) mass is 382 g/mol. The second kappa shape index (κ2) is 7.73. The van der Waals surface area contributed by atoms with Crippen molar-refractivity contribution >= 4 is 23.3 Å². The summed E-state index contributed by atoms with van der Waals surface area (Å²) in [5, 5.41) is 0.779. The Labute approximate surface area is 164 Å². The zero-order valence-corrected chi connectivity index (χ0v) is 16.3. The van der Waals surface area contributed by atoms with Gasteiger partial charge in [-0.2, -0.15) is 0 Å². The van der Waals surface area contributed by atoms with E-state index in [1.165, 1.54) is 22.3 Å². The van der Waals surface area contributed by atoms with Crippen LogP contribution in [0.2, 0.25) is 5.02 Å². The first kappa shape index (κ1) is 18.1. The molecule has 2 aromatic rings. The molecule has 0 radical (unpaired) electrons. The van der Waals surface area contributed by atoms with Crippen LogP contribution in [0.5, 0.6) is 0 Å². The normalized spacial score (nSPS) is 16.4. The number of hydrogen-bond donors (Lipinski definition) is 0. The fourth-order valence-corrected chi connectivity index (χ4v) is 4.37. The molecular weight excluding hydrogens is 360 g/mol. The largest absolute Gasteiger partial charge is 0.450 e. The smallest absolute Gasteiger partial charge is 0.409 e. The van der Waals surface area contributed by atoms with Crippen molar-refractivity contribution in [1.29, 1.82) is 0 Å². The van der Waals surface area contributed by atoms with Crippen LogP contribution in [0.15, 0.2) is 42.1 Å². The molecule has 4 nitrogen and oxygen atoms in total. The molecule has 0 bridgehead atoms. The number of aromatic nitrogens is 1. The minimum Gasteiger partial charge on any atom is -0.450 e. The lowest BCUT2D eigenvalue weighted by molar-refractivity contribution is 0.104. The highest BCUT2D eigenvalue weighted by Crippen LogP contribution is 2.40. The van der Waals surface area contributed by atoms with Crippen LogP contribution < -0.4 is 0 Å². The zero-order valence-electron chi connectivity index (χ0n) is 15.5. The number of hydrogen-bond acceptors (Lipinski definition) is 3. The van der Waals surface area contributed by atoms with Crippen LogP contribution in [0.3, 0.4) is 0 Å². The van der Waals surface area contributed by atoms with Gasteiger partial charge in [0.05, 0.1) is 12.3 Å². The van der Waals surface area contributed by atoms with Gasteiger partial charge >= 0.3 is 6.09 Å². The summed E-state index contributed by atoms with van der Waals surface area (Å²) < 4.78 is 5.15. The summed E-state index contributed by atoms with van der Waals surface area (Å²) in [6.07, 6.45) is 5.18. The second-order valence-corrected chi connectivity index (χ2v) is 7.36. The minimum absolute atomic E-state index is 0.223. The number of carbonyl (C=O) groups excluding carboxylic acids is 1. The van der Waals surface area contributed by atoms with Gasteiger partial charge < -0.3 is 9.64 Å². The van der Waals surface area contributed by atoms with Gasteiger partial charge in [-0.3, -0.25) is 4.98 Å². The predicted molar refractivity (Wildman–Crippen MR) is 107 cm³/mol. The van der Waals surface area contributed by atoms with Crippen molar-refractivity contribution in [3.63, 3.8) is 0 Å². The molecule has 140 valence electrons. The molecule has 1 aliphatic heterocycles. The van der Waals surface area contributed by atoms with E-state index in [9.17, 15) is 4.79 Å². The van der Waals surface area contributed by atoms with Crippen molar-refractivity contribution in [2.75, 3.05) is 19.7 Å². The number of fused-ring (bicyclic) bond motifs is 2. The van der Waals surface area contributed by atoms with Crippen molar-refractivity contribution in [3.05, 3.63) is 69.5 Å². The van der Waals surface area contributed by atoms with Gasteiger partial charge in [0.25, 0.3) is 0 Å². The van der Waals surface area contributed by atoms with E-state index < -0.39 is 0 Å². The van der Waals surface area contributed by atoms with Crippen LogP contribution in [-0.2, 0) is 17.6 Å². The quantitative estimate of drug-likeness (QED) is 0.705. The van der Waals surface area contributed by atoms with Crippen LogP contribution in [0.4, 0.5) is 4.79 Å². The summed E-state index contributed by atoms with van der Waals surface area (Å²) >= 11 is 6.67. The third-order valence-electron chi connectivity index (χ3n) is 5.39. The molecule has 1 aliphatic carbocycles. The molecule has 0 atom stereocenters. The number of amides is 1. The Kier molecular flexibility index (Phi) is 5.17. The van der Waals surface area contributed by atoms with Crippen LogP contribution in [-0.4, -0.2) is 35.7 Å². The molecule has 0 N–H and O–H groups in total. The van der Waals surface area contributed by atoms with Crippen molar-refractivity contribution in [3.8, 4) is 0 Å². The van der Waals surface area contributed by atoms with Crippen LogP contribution in [0, 0.1) is 0 Å². The SMILES string of the molecule is CCOC(=O)N1CCC(=C2c3ncccc3CCc3cccc(Cl)c32)CC1. The molecule has 0 spiro atoms. The first-order valence-corrected chi connectivity index (χ1v) is 9.92. The van der Waals surface area contributed by atoms with Crippen LogP contribution in [0.1, 0.15) is 42.1 Å². The number of pyridine rings is 1. The van der Waals surface area contributed by atoms with Crippen molar-refractivity contribution in [1.82, 2.24) is 9.88 Å². The molecule has 1 aromatic heterocycles. The molecule has 27 heavy (non-hydrogen) atoms. The van der Waals surface area contributed by atoms with Crippen LogP contribution >= 0.6 is 11.6 Å². The lowest BCUT2D eigenvalue weighted by atomic mass is 9.88. The molecule has 0 unspecified atom stereocenters. The van der Waals surface area contributed by atoms with E-state index in [0.717, 1.165) is 42.0 Å². The number of aryl methyl sites for hydroxylation is 2. The number of likely N-dealkylation sites (tertiary alicyclic amines) is 1. The Morgan fingerprint density at radius 1 is 1.11 bits per heavy atom. The van der Waals surface area contributed by atoms with Gasteiger partial charge in [0.2, 0.25) is 0 Å². The summed E-state index contributed by atoms with van der Waals surface area (Å²) in [5.74, 6) is 0. The van der Waals surface area contributed by atoms with Gasteiger partial charge in [-0.15, -0.1) is 0 Å². The lowest BCUT2D eigenvalue weighted by Gasteiger charge is -2.29. The number of rotatable bonds is 1. The summed E-state index contributed by atoms with van der Waals surface area (Å²) in [5.41, 5.74) is 7.20. The Balaban J connectivity index is 1.78. The molecule has 0 saturated carbocycles. The molecule has 1 amide bonds. The second-order valence-electron chi connectivity index (χ2n) is 6.95. The third kappa shape index (κ3) is 3.46. The summed E-state index contributed by atoms with van der Waals surface area (Å²) in [7, 11) is 0. The van der Waals surface area contributed by atoms with Gasteiger partial charge in [-0.1, -0.05) is 35.4 Å². The topological polar surface area (TPSA) is 42.4 Å². The maximum Gasteiger partial charge on any atom is 0.409 e. The summed E-state index contributed by atoms with van der Waals surface area (Å²) in [6, 6.07) is 10.3. The van der Waals surface area contributed by atoms with E-state index in [0.29, 0.717) is 19.7 Å². The summed E-state index contributed by atoms with van der Waals surface area (Å²) in [4.78, 5) is 18.6. The first-order valence-electron chi connectivity index (χ1n) is 9.54. The zero-order chi connectivity index (χ0) is 18.8.